The molecule has 1 aliphatic rings. The first-order valence-electron chi connectivity index (χ1n) is 16.9. The quantitative estimate of drug-likeness (QED) is 0.0582. The van der Waals surface area contributed by atoms with Gasteiger partial charge >= 0.3 is 11.9 Å². The van der Waals surface area contributed by atoms with Gasteiger partial charge in [-0.3, -0.25) is 9.59 Å². The lowest BCUT2D eigenvalue weighted by atomic mass is 9.99. The van der Waals surface area contributed by atoms with Crippen LogP contribution in [0.25, 0.3) is 0 Å². The Kier molecular flexibility index (Phi) is 24.1. The number of unbranched alkanes of at least 4 members (excludes halogenated alkanes) is 11. The Balaban J connectivity index is 2.45. The van der Waals surface area contributed by atoms with E-state index >= 15 is 0 Å². The van der Waals surface area contributed by atoms with Crippen molar-refractivity contribution >= 4 is 11.9 Å². The molecule has 0 amide bonds. The summed E-state index contributed by atoms with van der Waals surface area (Å²) in [4.78, 5) is 24.9. The van der Waals surface area contributed by atoms with E-state index in [4.69, 9.17) is 18.9 Å². The van der Waals surface area contributed by atoms with Gasteiger partial charge in [-0.1, -0.05) is 95.9 Å². The van der Waals surface area contributed by atoms with Crippen LogP contribution in [-0.4, -0.2) is 89.0 Å². The van der Waals surface area contributed by atoms with Gasteiger partial charge in [0, 0.05) is 12.8 Å². The van der Waals surface area contributed by atoms with Crippen LogP contribution in [0.1, 0.15) is 123 Å². The number of allylic oxidation sites excluding steroid dienone is 4. The highest BCUT2D eigenvalue weighted by Crippen LogP contribution is 2.22. The second-order valence-corrected chi connectivity index (χ2v) is 11.6. The van der Waals surface area contributed by atoms with Crippen molar-refractivity contribution in [3.63, 3.8) is 0 Å². The number of hydrogen-bond acceptors (Lipinski definition) is 10. The highest BCUT2D eigenvalue weighted by molar-refractivity contribution is 5.70. The Bertz CT molecular complexity index is 784. The minimum Gasteiger partial charge on any atom is -0.462 e. The number of carbonyl (C=O) groups excluding carboxylic acids is 2. The predicted molar refractivity (Wildman–Crippen MR) is 169 cm³/mol. The number of rotatable bonds is 26. The molecule has 10 nitrogen and oxygen atoms in total. The SMILES string of the molecule is CCC/C=C\C/C=C\CCCCCCCC(=O)OC(COC(=O)CCCCCCCC)COC1OC(CO)C(O)C(O)C1O. The molecule has 256 valence electrons. The number of hydrogen-bond donors (Lipinski definition) is 4. The topological polar surface area (TPSA) is 152 Å². The summed E-state index contributed by atoms with van der Waals surface area (Å²) in [5.74, 6) is -0.837. The van der Waals surface area contributed by atoms with E-state index in [0.29, 0.717) is 6.42 Å². The van der Waals surface area contributed by atoms with E-state index in [9.17, 15) is 30.0 Å². The second-order valence-electron chi connectivity index (χ2n) is 11.6. The summed E-state index contributed by atoms with van der Waals surface area (Å²) < 4.78 is 21.9. The standard InChI is InChI=1S/C34H60O10/c1-3-5-7-9-11-12-13-14-15-16-17-19-21-23-30(37)43-27(25-41-29(36)22-20-18-10-8-6-4-2)26-42-34-33(40)32(39)31(38)28(24-35)44-34/h7,9,12-13,27-28,31-35,38-40H,3-6,8,10-11,14-26H2,1-2H3/b9-7-,13-12-. The molecule has 0 spiro atoms. The zero-order chi connectivity index (χ0) is 32.4. The summed E-state index contributed by atoms with van der Waals surface area (Å²) >= 11 is 0. The highest BCUT2D eigenvalue weighted by Gasteiger charge is 2.44. The molecule has 0 aromatic carbocycles. The minimum atomic E-state index is -1.59. The van der Waals surface area contributed by atoms with Gasteiger partial charge in [0.25, 0.3) is 0 Å². The van der Waals surface area contributed by atoms with Crippen molar-refractivity contribution in [1.29, 1.82) is 0 Å². The summed E-state index contributed by atoms with van der Waals surface area (Å²) in [6, 6.07) is 0. The minimum absolute atomic E-state index is 0.215. The Morgan fingerprint density at radius 1 is 0.705 bits per heavy atom. The zero-order valence-electron chi connectivity index (χ0n) is 27.2. The maximum atomic E-state index is 12.6. The summed E-state index contributed by atoms with van der Waals surface area (Å²) in [5, 5.41) is 39.7. The van der Waals surface area contributed by atoms with E-state index in [1.54, 1.807) is 0 Å². The summed E-state index contributed by atoms with van der Waals surface area (Å²) in [6.45, 7) is 3.23. The van der Waals surface area contributed by atoms with Crippen LogP contribution >= 0.6 is 0 Å². The molecule has 6 unspecified atom stereocenters. The molecule has 44 heavy (non-hydrogen) atoms. The molecule has 1 rings (SSSR count). The lowest BCUT2D eigenvalue weighted by Gasteiger charge is -2.39. The molecule has 0 aromatic rings. The van der Waals surface area contributed by atoms with Crippen LogP contribution in [0, 0.1) is 0 Å². The van der Waals surface area contributed by atoms with Gasteiger partial charge in [-0.25, -0.2) is 0 Å². The van der Waals surface area contributed by atoms with Crippen molar-refractivity contribution in [2.24, 2.45) is 0 Å². The first-order chi connectivity index (χ1) is 21.3. The zero-order valence-corrected chi connectivity index (χ0v) is 27.2. The second kappa shape index (κ2) is 26.4. The Labute approximate surface area is 264 Å². The maximum Gasteiger partial charge on any atom is 0.306 e. The molecule has 0 aliphatic carbocycles. The highest BCUT2D eigenvalue weighted by atomic mass is 16.7. The third kappa shape index (κ3) is 18.9. The van der Waals surface area contributed by atoms with Crippen LogP contribution in [0.4, 0.5) is 0 Å². The molecule has 1 saturated heterocycles. The largest absolute Gasteiger partial charge is 0.462 e. The molecular formula is C34H60O10. The van der Waals surface area contributed by atoms with Crippen molar-refractivity contribution in [2.45, 2.75) is 160 Å². The van der Waals surface area contributed by atoms with Gasteiger partial charge in [0.05, 0.1) is 13.2 Å². The Hall–Kier alpha value is -1.82. The van der Waals surface area contributed by atoms with Gasteiger partial charge in [0.2, 0.25) is 0 Å². The predicted octanol–water partition coefficient (Wildman–Crippen LogP) is 5.04. The van der Waals surface area contributed by atoms with Crippen LogP contribution in [0.2, 0.25) is 0 Å². The number of esters is 2. The average Bonchev–Trinajstić information content (AvgIpc) is 3.02. The summed E-state index contributed by atoms with van der Waals surface area (Å²) in [5.41, 5.74) is 0. The fourth-order valence-electron chi connectivity index (χ4n) is 4.81. The summed E-state index contributed by atoms with van der Waals surface area (Å²) in [6.07, 6.45) is 16.5. The molecule has 4 N–H and O–H groups in total. The van der Waals surface area contributed by atoms with Crippen LogP contribution in [0.5, 0.6) is 0 Å². The van der Waals surface area contributed by atoms with Crippen LogP contribution in [0.3, 0.4) is 0 Å². The van der Waals surface area contributed by atoms with E-state index in [2.05, 4.69) is 38.2 Å². The van der Waals surface area contributed by atoms with E-state index in [-0.39, 0.29) is 26.1 Å². The number of ether oxygens (including phenoxy) is 4. The maximum absolute atomic E-state index is 12.6. The number of aliphatic hydroxyl groups is 4. The smallest absolute Gasteiger partial charge is 0.306 e. The lowest BCUT2D eigenvalue weighted by molar-refractivity contribution is -0.305. The van der Waals surface area contributed by atoms with E-state index in [0.717, 1.165) is 77.0 Å². The van der Waals surface area contributed by atoms with E-state index in [1.165, 1.54) is 12.8 Å². The molecule has 0 bridgehead atoms. The fourth-order valence-corrected chi connectivity index (χ4v) is 4.81. The van der Waals surface area contributed by atoms with Gasteiger partial charge in [0.15, 0.2) is 12.4 Å². The fraction of sp³-hybridized carbons (Fsp3) is 0.824. The van der Waals surface area contributed by atoms with Gasteiger partial charge in [-0.05, 0) is 38.5 Å². The van der Waals surface area contributed by atoms with Crippen molar-refractivity contribution < 1.29 is 49.0 Å². The summed E-state index contributed by atoms with van der Waals surface area (Å²) in [7, 11) is 0. The Morgan fingerprint density at radius 3 is 1.98 bits per heavy atom. The first kappa shape index (κ1) is 40.2. The van der Waals surface area contributed by atoms with Gasteiger partial charge in [0.1, 0.15) is 31.0 Å². The molecule has 1 aliphatic heterocycles. The molecule has 0 radical (unpaired) electrons. The molecule has 0 saturated carbocycles. The molecule has 1 fully saturated rings. The van der Waals surface area contributed by atoms with Gasteiger partial charge < -0.3 is 39.4 Å². The molecular weight excluding hydrogens is 568 g/mol. The number of aliphatic hydroxyl groups excluding tert-OH is 4. The van der Waals surface area contributed by atoms with Crippen LogP contribution in [-0.2, 0) is 28.5 Å². The Morgan fingerprint density at radius 2 is 1.32 bits per heavy atom. The van der Waals surface area contributed by atoms with Crippen molar-refractivity contribution in [1.82, 2.24) is 0 Å². The molecule has 0 aromatic heterocycles. The van der Waals surface area contributed by atoms with Gasteiger partial charge in [-0.2, -0.15) is 0 Å². The van der Waals surface area contributed by atoms with Crippen molar-refractivity contribution in [2.75, 3.05) is 19.8 Å². The molecule has 6 atom stereocenters. The lowest BCUT2D eigenvalue weighted by Crippen LogP contribution is -2.59. The van der Waals surface area contributed by atoms with Crippen molar-refractivity contribution in [3.8, 4) is 0 Å². The number of carbonyl (C=O) groups is 2. The normalized spacial score (nSPS) is 22.9. The van der Waals surface area contributed by atoms with E-state index in [1.807, 2.05) is 0 Å². The van der Waals surface area contributed by atoms with E-state index < -0.39 is 55.4 Å². The van der Waals surface area contributed by atoms with Crippen LogP contribution in [0.15, 0.2) is 24.3 Å². The molecule has 1 heterocycles. The third-order valence-corrected chi connectivity index (χ3v) is 7.57. The monoisotopic (exact) mass is 628 g/mol. The first-order valence-corrected chi connectivity index (χ1v) is 16.9. The van der Waals surface area contributed by atoms with Gasteiger partial charge in [-0.15, -0.1) is 0 Å². The average molecular weight is 629 g/mol. The van der Waals surface area contributed by atoms with Crippen LogP contribution < -0.4 is 0 Å². The molecule has 10 heteroatoms. The van der Waals surface area contributed by atoms with Crippen molar-refractivity contribution in [3.05, 3.63) is 24.3 Å². The third-order valence-electron chi connectivity index (χ3n) is 7.57.